The van der Waals surface area contributed by atoms with Crippen molar-refractivity contribution >= 4 is 55.2 Å². The summed E-state index contributed by atoms with van der Waals surface area (Å²) in [5, 5.41) is 17.9. The van der Waals surface area contributed by atoms with Crippen molar-refractivity contribution in [3.63, 3.8) is 0 Å². The van der Waals surface area contributed by atoms with E-state index in [0.717, 1.165) is 0 Å². The number of halogens is 2. The number of hydrogen-bond acceptors (Lipinski definition) is 2. The molecule has 1 aromatic rings. The van der Waals surface area contributed by atoms with Gasteiger partial charge in [-0.15, -0.1) is 0 Å². The van der Waals surface area contributed by atoms with Gasteiger partial charge in [0.1, 0.15) is 11.3 Å². The fraction of sp³-hybridized carbons (Fsp3) is 0. The summed E-state index contributed by atoms with van der Waals surface area (Å²) in [6.45, 7) is 0. The maximum Gasteiger partial charge on any atom is 0.339 e. The van der Waals surface area contributed by atoms with E-state index in [4.69, 9.17) is 5.11 Å². The van der Waals surface area contributed by atoms with E-state index in [-0.39, 0.29) is 28.7 Å². The average molecular weight is 326 g/mol. The molecule has 0 atom stereocenters. The molecule has 0 aliphatic rings. The van der Waals surface area contributed by atoms with Crippen LogP contribution in [0.5, 0.6) is 5.75 Å². The molecule has 0 aliphatic carbocycles. The normalized spacial score (nSPS) is 9.08. The van der Waals surface area contributed by atoms with Crippen LogP contribution in [0.4, 0.5) is 0 Å². The summed E-state index contributed by atoms with van der Waals surface area (Å²) in [7, 11) is 0. The van der Waals surface area contributed by atoms with Crippen LogP contribution in [0.1, 0.15) is 10.4 Å². The van der Waals surface area contributed by atoms with Crippen LogP contribution in [0.15, 0.2) is 21.1 Å². The Morgan fingerprint density at radius 3 is 2.31 bits per heavy atom. The van der Waals surface area contributed by atoms with Crippen molar-refractivity contribution in [3.8, 4) is 5.75 Å². The molecule has 3 nitrogen and oxygen atoms in total. The predicted octanol–water partition coefficient (Wildman–Crippen LogP) is 1.43. The summed E-state index contributed by atoms with van der Waals surface area (Å²) < 4.78 is 0.957. The van der Waals surface area contributed by atoms with Gasteiger partial charge in [0, 0.05) is 4.47 Å². The van der Waals surface area contributed by atoms with Crippen LogP contribution >= 0.6 is 31.9 Å². The lowest BCUT2D eigenvalue weighted by atomic mass is 10.2. The van der Waals surface area contributed by atoms with E-state index in [9.17, 15) is 9.90 Å². The van der Waals surface area contributed by atoms with Crippen LogP contribution in [-0.4, -0.2) is 33.5 Å². The minimum atomic E-state index is -1.16. The molecule has 0 bridgehead atoms. The van der Waals surface area contributed by atoms with Gasteiger partial charge in [0.05, 0.1) is 4.47 Å². The van der Waals surface area contributed by atoms with E-state index in [0.29, 0.717) is 8.95 Å². The predicted molar refractivity (Wildman–Crippen MR) is 60.4 cm³/mol. The minimum absolute atomic E-state index is 0. The van der Waals surface area contributed by atoms with Gasteiger partial charge in [-0.25, -0.2) is 4.79 Å². The number of hydrogen-bond donors (Lipinski definition) is 2. The number of carbonyl (C=O) groups is 1. The highest BCUT2D eigenvalue weighted by Gasteiger charge is 2.12. The molecule has 0 radical (unpaired) electrons. The van der Waals surface area contributed by atoms with Crippen molar-refractivity contribution in [2.24, 2.45) is 0 Å². The number of carboxylic acid groups (broad SMARTS) is 1. The Hall–Kier alpha value is -0.0175. The third kappa shape index (κ3) is 2.99. The zero-order valence-electron chi connectivity index (χ0n) is 5.71. The highest BCUT2D eigenvalue weighted by molar-refractivity contribution is 9.11. The second-order valence-electron chi connectivity index (χ2n) is 2.09. The third-order valence-corrected chi connectivity index (χ3v) is 2.32. The minimum Gasteiger partial charge on any atom is -0.506 e. The Kier molecular flexibility index (Phi) is 5.00. The second kappa shape index (κ2) is 5.01. The fourth-order valence-corrected chi connectivity index (χ4v) is 1.95. The Labute approximate surface area is 102 Å². The molecule has 70 valence electrons. The van der Waals surface area contributed by atoms with Gasteiger partial charge in [0.25, 0.3) is 0 Å². The van der Waals surface area contributed by atoms with Gasteiger partial charge >= 0.3 is 5.97 Å². The first-order chi connectivity index (χ1) is 5.52. The van der Waals surface area contributed by atoms with E-state index < -0.39 is 5.97 Å². The Bertz CT molecular complexity index is 341. The lowest BCUT2D eigenvalue weighted by molar-refractivity contribution is 0.0693. The number of phenols is 1. The molecule has 0 aliphatic heterocycles. The van der Waals surface area contributed by atoms with E-state index in [1.54, 1.807) is 6.07 Å². The average Bonchev–Trinajstić information content (AvgIpc) is 1.96. The highest BCUT2D eigenvalue weighted by Crippen LogP contribution is 2.31. The summed E-state index contributed by atoms with van der Waals surface area (Å²) in [6.07, 6.45) is 0. The summed E-state index contributed by atoms with van der Waals surface area (Å²) in [5.41, 5.74) is -0.128. The van der Waals surface area contributed by atoms with Crippen molar-refractivity contribution in [1.29, 1.82) is 0 Å². The van der Waals surface area contributed by atoms with Gasteiger partial charge in [-0.2, -0.15) is 0 Å². The van der Waals surface area contributed by atoms with Gasteiger partial charge in [-0.05, 0) is 28.1 Å². The van der Waals surface area contributed by atoms with Crippen molar-refractivity contribution in [3.05, 3.63) is 26.6 Å². The Morgan fingerprint density at radius 2 is 1.85 bits per heavy atom. The maximum absolute atomic E-state index is 10.5. The highest BCUT2D eigenvalue weighted by atomic mass is 79.9. The van der Waals surface area contributed by atoms with Gasteiger partial charge in [0.15, 0.2) is 17.4 Å². The SMILES string of the molecule is O=C(O)c1cc(Br)cc(Br)c1O.[AlH3]. The van der Waals surface area contributed by atoms with Gasteiger partial charge in [-0.3, -0.25) is 0 Å². The first-order valence-electron chi connectivity index (χ1n) is 2.93. The van der Waals surface area contributed by atoms with Crippen molar-refractivity contribution < 1.29 is 15.0 Å². The van der Waals surface area contributed by atoms with Crippen molar-refractivity contribution in [1.82, 2.24) is 0 Å². The molecule has 0 amide bonds. The summed E-state index contributed by atoms with van der Waals surface area (Å²) in [5.74, 6) is -1.42. The summed E-state index contributed by atoms with van der Waals surface area (Å²) in [4.78, 5) is 10.5. The summed E-state index contributed by atoms with van der Waals surface area (Å²) in [6, 6.07) is 2.91. The Morgan fingerprint density at radius 1 is 1.31 bits per heavy atom. The lowest BCUT2D eigenvalue weighted by Crippen LogP contribution is -1.96. The fourth-order valence-electron chi connectivity index (χ4n) is 0.729. The number of aromatic carboxylic acids is 1. The molecule has 0 aromatic heterocycles. The quantitative estimate of drug-likeness (QED) is 0.768. The molecular weight excluding hydrogens is 319 g/mol. The molecular formula is C7H7AlBr2O3. The van der Waals surface area contributed by atoms with E-state index in [1.807, 2.05) is 0 Å². The molecule has 0 unspecified atom stereocenters. The van der Waals surface area contributed by atoms with Crippen LogP contribution in [0.2, 0.25) is 0 Å². The summed E-state index contributed by atoms with van der Waals surface area (Å²) >= 11 is 6.13. The second-order valence-corrected chi connectivity index (χ2v) is 3.86. The number of carboxylic acids is 1. The van der Waals surface area contributed by atoms with Crippen LogP contribution in [0.3, 0.4) is 0 Å². The topological polar surface area (TPSA) is 57.5 Å². The third-order valence-electron chi connectivity index (χ3n) is 1.26. The monoisotopic (exact) mass is 324 g/mol. The van der Waals surface area contributed by atoms with Crippen LogP contribution in [0.25, 0.3) is 0 Å². The van der Waals surface area contributed by atoms with Crippen LogP contribution in [0, 0.1) is 0 Å². The molecule has 0 saturated carbocycles. The van der Waals surface area contributed by atoms with Gasteiger partial charge < -0.3 is 10.2 Å². The van der Waals surface area contributed by atoms with E-state index in [1.165, 1.54) is 6.07 Å². The number of rotatable bonds is 1. The van der Waals surface area contributed by atoms with Crippen LogP contribution < -0.4 is 0 Å². The zero-order chi connectivity index (χ0) is 9.30. The molecule has 13 heavy (non-hydrogen) atoms. The molecule has 1 rings (SSSR count). The molecule has 1 aromatic carbocycles. The molecule has 6 heteroatoms. The first kappa shape index (κ1) is 13.0. The molecule has 0 fully saturated rings. The van der Waals surface area contributed by atoms with Crippen LogP contribution in [-0.2, 0) is 0 Å². The first-order valence-corrected chi connectivity index (χ1v) is 4.52. The number of benzene rings is 1. The maximum atomic E-state index is 10.5. The molecule has 0 heterocycles. The lowest BCUT2D eigenvalue weighted by Gasteiger charge is -2.02. The molecule has 0 saturated heterocycles. The van der Waals surface area contributed by atoms with Gasteiger partial charge in [0.2, 0.25) is 0 Å². The van der Waals surface area contributed by atoms with Crippen molar-refractivity contribution in [2.75, 3.05) is 0 Å². The van der Waals surface area contributed by atoms with Crippen molar-refractivity contribution in [2.45, 2.75) is 0 Å². The van der Waals surface area contributed by atoms with Gasteiger partial charge in [-0.1, -0.05) is 15.9 Å². The zero-order valence-corrected chi connectivity index (χ0v) is 8.89. The smallest absolute Gasteiger partial charge is 0.339 e. The molecule has 0 spiro atoms. The number of aromatic hydroxyl groups is 1. The standard InChI is InChI=1S/C7H4Br2O3.Al.3H/c8-3-1-4(7(11)12)6(10)5(9)2-3;;;;/h1-2,10H,(H,11,12);;;;. The van der Waals surface area contributed by atoms with E-state index in [2.05, 4.69) is 31.9 Å². The molecule has 2 N–H and O–H groups in total. The Balaban J connectivity index is 0.00000144. The van der Waals surface area contributed by atoms with E-state index >= 15 is 0 Å². The largest absolute Gasteiger partial charge is 0.506 e.